The highest BCUT2D eigenvalue weighted by atomic mass is 19.1. The van der Waals surface area contributed by atoms with Crippen LogP contribution in [0.1, 0.15) is 37.7 Å². The van der Waals surface area contributed by atoms with E-state index in [0.717, 1.165) is 19.4 Å². The lowest BCUT2D eigenvalue weighted by molar-refractivity contribution is 0.107. The van der Waals surface area contributed by atoms with Gasteiger partial charge < -0.3 is 25.0 Å². The zero-order chi connectivity index (χ0) is 30.8. The molecule has 7 rings (SSSR count). The summed E-state index contributed by atoms with van der Waals surface area (Å²) in [4.78, 5) is 15.4. The van der Waals surface area contributed by atoms with Crippen LogP contribution < -0.4 is 14.8 Å². The molecule has 4 heterocycles. The van der Waals surface area contributed by atoms with Crippen molar-refractivity contribution in [3.05, 3.63) is 41.5 Å². The van der Waals surface area contributed by atoms with Crippen LogP contribution in [0.3, 0.4) is 0 Å². The van der Waals surface area contributed by atoms with Crippen molar-refractivity contribution < 1.29 is 32.9 Å². The van der Waals surface area contributed by atoms with Crippen molar-refractivity contribution in [3.8, 4) is 41.2 Å². The van der Waals surface area contributed by atoms with Crippen molar-refractivity contribution >= 4 is 27.5 Å². The van der Waals surface area contributed by atoms with Gasteiger partial charge in [-0.2, -0.15) is 9.97 Å². The normalized spacial score (nSPS) is 22.2. The first-order valence-corrected chi connectivity index (χ1v) is 14.5. The van der Waals surface area contributed by atoms with Crippen LogP contribution in [0.25, 0.3) is 32.9 Å². The average molecular weight is 606 g/mol. The number of ether oxygens (including phenoxy) is 2. The summed E-state index contributed by atoms with van der Waals surface area (Å²) in [5.41, 5.74) is -2.00. The molecule has 9 nitrogen and oxygen atoms in total. The molecule has 2 aromatic heterocycles. The number of phenolic OH excluding ortho intramolecular Hbond substituents is 1. The maximum absolute atomic E-state index is 16.7. The number of halogens is 3. The number of pyridine rings is 1. The molecule has 2 saturated heterocycles. The monoisotopic (exact) mass is 605 g/mol. The fraction of sp³-hybridized carbons (Fsp3) is 0.406. The van der Waals surface area contributed by atoms with Gasteiger partial charge in [0.15, 0.2) is 5.82 Å². The molecule has 0 bridgehead atoms. The predicted octanol–water partition coefficient (Wildman–Crippen LogP) is 4.71. The Labute approximate surface area is 251 Å². The van der Waals surface area contributed by atoms with Crippen LogP contribution in [0.15, 0.2) is 24.3 Å². The Morgan fingerprint density at radius 1 is 1.16 bits per heavy atom. The van der Waals surface area contributed by atoms with E-state index in [0.29, 0.717) is 31.2 Å². The van der Waals surface area contributed by atoms with Gasteiger partial charge >= 0.3 is 6.01 Å². The second kappa shape index (κ2) is 10.4. The van der Waals surface area contributed by atoms with E-state index in [1.54, 1.807) is 0 Å². The van der Waals surface area contributed by atoms with Crippen LogP contribution in [0.4, 0.5) is 19.0 Å². The van der Waals surface area contributed by atoms with E-state index in [9.17, 15) is 19.0 Å². The summed E-state index contributed by atoms with van der Waals surface area (Å²) in [6.07, 6.45) is 7.88. The van der Waals surface area contributed by atoms with Crippen molar-refractivity contribution in [2.24, 2.45) is 0 Å². The van der Waals surface area contributed by atoms with Crippen LogP contribution in [0.5, 0.6) is 17.6 Å². The Kier molecular flexibility index (Phi) is 6.71. The number of nitrogens with one attached hydrogen (secondary N) is 1. The number of aromatic nitrogens is 3. The SMILES string of the molecule is C#Cc1c(F)ccc2cc(O)cc(-c3nc(OC)c4c(NCC5(O)CC5)nc(OC[C@@]56CCCN5C[C@H](F)C6)nc4c3F)c12. The van der Waals surface area contributed by atoms with Gasteiger partial charge in [-0.05, 0) is 55.8 Å². The van der Waals surface area contributed by atoms with Crippen LogP contribution in [0, 0.1) is 24.0 Å². The van der Waals surface area contributed by atoms with E-state index in [-0.39, 0.29) is 69.7 Å². The van der Waals surface area contributed by atoms with Crippen molar-refractivity contribution in [1.82, 2.24) is 19.9 Å². The minimum atomic E-state index is -0.960. The van der Waals surface area contributed by atoms with E-state index in [1.807, 2.05) is 0 Å². The van der Waals surface area contributed by atoms with Gasteiger partial charge in [0.1, 0.15) is 46.8 Å². The highest BCUT2D eigenvalue weighted by Gasteiger charge is 2.49. The molecular formula is C32H30F3N5O4. The fourth-order valence-corrected chi connectivity index (χ4v) is 6.61. The number of hydrogen-bond donors (Lipinski definition) is 3. The Bertz CT molecular complexity index is 1860. The lowest BCUT2D eigenvalue weighted by atomic mass is 9.95. The number of terminal acetylenes is 1. The molecular weight excluding hydrogens is 575 g/mol. The van der Waals surface area contributed by atoms with E-state index in [4.69, 9.17) is 15.9 Å². The molecule has 1 saturated carbocycles. The quantitative estimate of drug-likeness (QED) is 0.246. The number of rotatable bonds is 8. The number of aliphatic hydroxyl groups is 1. The van der Waals surface area contributed by atoms with Crippen molar-refractivity contribution in [1.29, 1.82) is 0 Å². The summed E-state index contributed by atoms with van der Waals surface area (Å²) in [5.74, 6) is 0.588. The first-order chi connectivity index (χ1) is 21.1. The van der Waals surface area contributed by atoms with Crippen LogP contribution >= 0.6 is 0 Å². The highest BCUT2D eigenvalue weighted by molar-refractivity contribution is 6.04. The number of anilines is 1. The van der Waals surface area contributed by atoms with Gasteiger partial charge in [0, 0.05) is 30.5 Å². The maximum Gasteiger partial charge on any atom is 0.319 e. The number of methoxy groups -OCH3 is 1. The third-order valence-corrected chi connectivity index (χ3v) is 9.02. The molecule has 0 spiro atoms. The van der Waals surface area contributed by atoms with Gasteiger partial charge in [-0.3, -0.25) is 4.90 Å². The molecule has 2 aliphatic heterocycles. The second-order valence-corrected chi connectivity index (χ2v) is 12.0. The molecule has 3 N–H and O–H groups in total. The average Bonchev–Trinajstić information content (AvgIpc) is 3.49. The first-order valence-electron chi connectivity index (χ1n) is 14.5. The standard InChI is InChI=1S/C32H30F3N5O4/c1-3-20-22(34)6-5-17-11-19(41)12-21(23(17)20)26-25(35)27-24(29(37-26)43-2)28(36-15-32(42)8-9-32)39-30(38-27)44-16-31-7-4-10-40(31)14-18(33)13-31/h1,5-6,11-12,18,41-42H,4,7-10,13-16H2,2H3,(H,36,38,39)/t18-,31+/m1/s1. The van der Waals surface area contributed by atoms with Gasteiger partial charge in [-0.1, -0.05) is 12.0 Å². The zero-order valence-electron chi connectivity index (χ0n) is 24.0. The van der Waals surface area contributed by atoms with Crippen molar-refractivity contribution in [2.75, 3.05) is 38.7 Å². The van der Waals surface area contributed by atoms with Crippen LogP contribution in [-0.4, -0.2) is 80.7 Å². The van der Waals surface area contributed by atoms with Gasteiger partial charge in [-0.25, -0.2) is 18.2 Å². The molecule has 2 atom stereocenters. The van der Waals surface area contributed by atoms with Gasteiger partial charge in [-0.15, -0.1) is 6.42 Å². The lowest BCUT2D eigenvalue weighted by Gasteiger charge is -2.30. The summed E-state index contributed by atoms with van der Waals surface area (Å²) in [6.45, 7) is 1.36. The van der Waals surface area contributed by atoms with Gasteiger partial charge in [0.05, 0.1) is 23.8 Å². The first kappa shape index (κ1) is 28.4. The number of alkyl halides is 1. The second-order valence-electron chi connectivity index (χ2n) is 12.0. The molecule has 0 unspecified atom stereocenters. The number of aromatic hydroxyl groups is 1. The smallest absolute Gasteiger partial charge is 0.319 e. The minimum absolute atomic E-state index is 0.0356. The summed E-state index contributed by atoms with van der Waals surface area (Å²) >= 11 is 0. The third kappa shape index (κ3) is 4.71. The topological polar surface area (TPSA) is 113 Å². The van der Waals surface area contributed by atoms with Crippen LogP contribution in [0.2, 0.25) is 0 Å². The largest absolute Gasteiger partial charge is 0.508 e. The Morgan fingerprint density at radius 2 is 1.98 bits per heavy atom. The van der Waals surface area contributed by atoms with Crippen molar-refractivity contribution in [2.45, 2.75) is 49.4 Å². The lowest BCUT2D eigenvalue weighted by Crippen LogP contribution is -2.43. The molecule has 4 aromatic rings. The summed E-state index contributed by atoms with van der Waals surface area (Å²) in [5, 5.41) is 24.8. The number of hydrogen-bond acceptors (Lipinski definition) is 9. The van der Waals surface area contributed by atoms with Gasteiger partial charge in [0.2, 0.25) is 5.88 Å². The van der Waals surface area contributed by atoms with E-state index in [2.05, 4.69) is 31.1 Å². The van der Waals surface area contributed by atoms with E-state index in [1.165, 1.54) is 31.4 Å². The Morgan fingerprint density at radius 3 is 2.73 bits per heavy atom. The molecule has 12 heteroatoms. The zero-order valence-corrected chi connectivity index (χ0v) is 24.0. The summed E-state index contributed by atoms with van der Waals surface area (Å²) in [6, 6.07) is 5.10. The maximum atomic E-state index is 16.7. The van der Waals surface area contributed by atoms with Crippen molar-refractivity contribution in [3.63, 3.8) is 0 Å². The minimum Gasteiger partial charge on any atom is -0.508 e. The van der Waals surface area contributed by atoms with E-state index >= 15 is 4.39 Å². The fourth-order valence-electron chi connectivity index (χ4n) is 6.61. The summed E-state index contributed by atoms with van der Waals surface area (Å²) in [7, 11) is 1.35. The van der Waals surface area contributed by atoms with Gasteiger partial charge in [0.25, 0.3) is 0 Å². The predicted molar refractivity (Wildman–Crippen MR) is 158 cm³/mol. The van der Waals surface area contributed by atoms with E-state index < -0.39 is 28.9 Å². The highest BCUT2D eigenvalue weighted by Crippen LogP contribution is 2.43. The molecule has 1 aliphatic carbocycles. The Hall–Kier alpha value is -4.34. The molecule has 3 fully saturated rings. The number of phenols is 1. The Balaban J connectivity index is 1.40. The molecule has 228 valence electrons. The molecule has 0 amide bonds. The molecule has 0 radical (unpaired) electrons. The number of fused-ring (bicyclic) bond motifs is 3. The number of benzene rings is 2. The number of nitrogens with zero attached hydrogens (tertiary/aromatic N) is 4. The third-order valence-electron chi connectivity index (χ3n) is 9.02. The van der Waals surface area contributed by atoms with Crippen LogP contribution in [-0.2, 0) is 0 Å². The summed E-state index contributed by atoms with van der Waals surface area (Å²) < 4.78 is 57.5. The molecule has 44 heavy (non-hydrogen) atoms. The molecule has 3 aliphatic rings. The molecule has 2 aromatic carbocycles.